The Morgan fingerprint density at radius 3 is 2.29 bits per heavy atom. The van der Waals surface area contributed by atoms with Crippen LogP contribution in [0.2, 0.25) is 0 Å². The number of alkyl halides is 3. The Balaban J connectivity index is 3.30. The highest BCUT2D eigenvalue weighted by atomic mass is 19.4. The summed E-state index contributed by atoms with van der Waals surface area (Å²) in [5.41, 5.74) is -0.316. The van der Waals surface area contributed by atoms with Crippen molar-refractivity contribution in [1.29, 1.82) is 0 Å². The largest absolute Gasteiger partial charge is 0.418 e. The molecular weight excluding hydrogens is 231 g/mol. The summed E-state index contributed by atoms with van der Waals surface area (Å²) in [5, 5.41) is 8.89. The van der Waals surface area contributed by atoms with Crippen molar-refractivity contribution >= 4 is 5.69 Å². The molecule has 0 amide bonds. The average Bonchev–Trinajstić information content (AvgIpc) is 2.26. The van der Waals surface area contributed by atoms with Gasteiger partial charge in [-0.1, -0.05) is 6.07 Å². The molecule has 2 nitrogen and oxygen atoms in total. The van der Waals surface area contributed by atoms with Gasteiger partial charge in [0.15, 0.2) is 0 Å². The maximum Gasteiger partial charge on any atom is 0.418 e. The second-order valence-corrected chi connectivity index (χ2v) is 4.21. The van der Waals surface area contributed by atoms with E-state index in [-0.39, 0.29) is 17.3 Å². The standard InChI is InChI=1S/C12H16F3NO/c1-8(2)16(3)11-5-4-9(7-17)6-10(11)12(13,14)15/h4-6,8,17H,7H2,1-3H3. The van der Waals surface area contributed by atoms with E-state index < -0.39 is 18.3 Å². The van der Waals surface area contributed by atoms with E-state index in [0.29, 0.717) is 0 Å². The van der Waals surface area contributed by atoms with Gasteiger partial charge >= 0.3 is 6.18 Å². The summed E-state index contributed by atoms with van der Waals surface area (Å²) in [7, 11) is 1.62. The smallest absolute Gasteiger partial charge is 0.392 e. The number of halogens is 3. The van der Waals surface area contributed by atoms with Gasteiger partial charge in [-0.05, 0) is 31.5 Å². The highest BCUT2D eigenvalue weighted by Crippen LogP contribution is 2.37. The molecule has 1 aromatic rings. The van der Waals surface area contributed by atoms with Crippen molar-refractivity contribution in [3.63, 3.8) is 0 Å². The fraction of sp³-hybridized carbons (Fsp3) is 0.500. The molecule has 0 unspecified atom stereocenters. The van der Waals surface area contributed by atoms with Crippen LogP contribution in [0.15, 0.2) is 18.2 Å². The van der Waals surface area contributed by atoms with Crippen LogP contribution in [0.1, 0.15) is 25.0 Å². The van der Waals surface area contributed by atoms with E-state index in [2.05, 4.69) is 0 Å². The van der Waals surface area contributed by atoms with Crippen LogP contribution < -0.4 is 4.90 Å². The van der Waals surface area contributed by atoms with Crippen LogP contribution in [-0.4, -0.2) is 18.2 Å². The Morgan fingerprint density at radius 2 is 1.88 bits per heavy atom. The first-order chi connectivity index (χ1) is 7.77. The number of aliphatic hydroxyl groups is 1. The summed E-state index contributed by atoms with van der Waals surface area (Å²) in [4.78, 5) is 1.56. The predicted molar refractivity (Wildman–Crippen MR) is 60.9 cm³/mol. The molecule has 0 heterocycles. The highest BCUT2D eigenvalue weighted by Gasteiger charge is 2.34. The average molecular weight is 247 g/mol. The molecular formula is C12H16F3NO. The van der Waals surface area contributed by atoms with E-state index in [1.54, 1.807) is 11.9 Å². The minimum atomic E-state index is -4.41. The van der Waals surface area contributed by atoms with Crippen LogP contribution in [0.3, 0.4) is 0 Å². The van der Waals surface area contributed by atoms with E-state index in [9.17, 15) is 13.2 Å². The Morgan fingerprint density at radius 1 is 1.29 bits per heavy atom. The molecule has 0 aromatic heterocycles. The van der Waals surface area contributed by atoms with Crippen LogP contribution >= 0.6 is 0 Å². The third-order valence-electron chi connectivity index (χ3n) is 2.70. The van der Waals surface area contributed by atoms with Crippen LogP contribution in [0.4, 0.5) is 18.9 Å². The van der Waals surface area contributed by atoms with Crippen molar-refractivity contribution in [1.82, 2.24) is 0 Å². The van der Waals surface area contributed by atoms with Crippen molar-refractivity contribution in [2.45, 2.75) is 32.7 Å². The first-order valence-corrected chi connectivity index (χ1v) is 5.31. The van der Waals surface area contributed by atoms with Crippen LogP contribution in [0, 0.1) is 0 Å². The molecule has 0 spiro atoms. The minimum absolute atomic E-state index is 0.0314. The zero-order valence-corrected chi connectivity index (χ0v) is 10.0. The second-order valence-electron chi connectivity index (χ2n) is 4.21. The summed E-state index contributed by atoms with van der Waals surface area (Å²) in [6.45, 7) is 3.25. The third kappa shape index (κ3) is 3.12. The van der Waals surface area contributed by atoms with E-state index >= 15 is 0 Å². The van der Waals surface area contributed by atoms with Crippen molar-refractivity contribution in [2.75, 3.05) is 11.9 Å². The van der Waals surface area contributed by atoms with Gasteiger partial charge in [0, 0.05) is 18.8 Å². The van der Waals surface area contributed by atoms with Gasteiger partial charge in [0.2, 0.25) is 0 Å². The molecule has 1 rings (SSSR count). The minimum Gasteiger partial charge on any atom is -0.392 e. The fourth-order valence-electron chi connectivity index (χ4n) is 1.49. The van der Waals surface area contributed by atoms with Gasteiger partial charge in [0.05, 0.1) is 12.2 Å². The lowest BCUT2D eigenvalue weighted by Crippen LogP contribution is -2.28. The van der Waals surface area contributed by atoms with Crippen LogP contribution in [-0.2, 0) is 12.8 Å². The summed E-state index contributed by atoms with van der Waals surface area (Å²) < 4.78 is 38.6. The Labute approximate surface area is 98.7 Å². The third-order valence-corrected chi connectivity index (χ3v) is 2.70. The first-order valence-electron chi connectivity index (χ1n) is 5.31. The molecule has 1 aromatic carbocycles. The summed E-state index contributed by atoms with van der Waals surface area (Å²) in [6, 6.07) is 3.86. The Kier molecular flexibility index (Phi) is 4.03. The molecule has 0 radical (unpaired) electrons. The SMILES string of the molecule is CC(C)N(C)c1ccc(CO)cc1C(F)(F)F. The van der Waals surface area contributed by atoms with Gasteiger partial charge in [-0.25, -0.2) is 0 Å². The molecule has 0 aliphatic rings. The normalized spacial score (nSPS) is 12.0. The van der Waals surface area contributed by atoms with E-state index in [0.717, 1.165) is 6.07 Å². The fourth-order valence-corrected chi connectivity index (χ4v) is 1.49. The zero-order valence-electron chi connectivity index (χ0n) is 10.0. The molecule has 5 heteroatoms. The Bertz CT molecular complexity index is 388. The van der Waals surface area contributed by atoms with E-state index in [1.807, 2.05) is 13.8 Å². The van der Waals surface area contributed by atoms with Gasteiger partial charge in [-0.2, -0.15) is 13.2 Å². The summed E-state index contributed by atoms with van der Waals surface area (Å²) >= 11 is 0. The maximum absolute atomic E-state index is 12.9. The number of hydrogen-bond donors (Lipinski definition) is 1. The topological polar surface area (TPSA) is 23.5 Å². The number of nitrogens with zero attached hydrogens (tertiary/aromatic N) is 1. The number of hydrogen-bond acceptors (Lipinski definition) is 2. The number of aliphatic hydroxyl groups excluding tert-OH is 1. The molecule has 0 aliphatic carbocycles. The van der Waals surface area contributed by atoms with Gasteiger partial charge in [-0.15, -0.1) is 0 Å². The van der Waals surface area contributed by atoms with Gasteiger partial charge in [0.1, 0.15) is 0 Å². The van der Waals surface area contributed by atoms with Gasteiger partial charge < -0.3 is 10.0 Å². The molecule has 0 saturated heterocycles. The number of benzene rings is 1. The second kappa shape index (κ2) is 4.96. The molecule has 17 heavy (non-hydrogen) atoms. The van der Waals surface area contributed by atoms with E-state index in [4.69, 9.17) is 5.11 Å². The van der Waals surface area contributed by atoms with Crippen molar-refractivity contribution < 1.29 is 18.3 Å². The molecule has 0 aliphatic heterocycles. The van der Waals surface area contributed by atoms with Gasteiger partial charge in [0.25, 0.3) is 0 Å². The molecule has 0 atom stereocenters. The molecule has 0 bridgehead atoms. The maximum atomic E-state index is 12.9. The summed E-state index contributed by atoms with van der Waals surface area (Å²) in [5.74, 6) is 0. The van der Waals surface area contributed by atoms with Crippen LogP contribution in [0.25, 0.3) is 0 Å². The zero-order chi connectivity index (χ0) is 13.2. The quantitative estimate of drug-likeness (QED) is 0.887. The molecule has 0 fully saturated rings. The number of rotatable bonds is 3. The van der Waals surface area contributed by atoms with Crippen LogP contribution in [0.5, 0.6) is 0 Å². The van der Waals surface area contributed by atoms with Crippen molar-refractivity contribution in [3.05, 3.63) is 29.3 Å². The first kappa shape index (κ1) is 13.8. The molecule has 1 N–H and O–H groups in total. The van der Waals surface area contributed by atoms with Crippen molar-refractivity contribution in [3.8, 4) is 0 Å². The summed E-state index contributed by atoms with van der Waals surface area (Å²) in [6.07, 6.45) is -4.41. The lowest BCUT2D eigenvalue weighted by molar-refractivity contribution is -0.137. The lowest BCUT2D eigenvalue weighted by Gasteiger charge is -2.27. The van der Waals surface area contributed by atoms with E-state index in [1.165, 1.54) is 12.1 Å². The monoisotopic (exact) mass is 247 g/mol. The predicted octanol–water partition coefficient (Wildman–Crippen LogP) is 3.04. The van der Waals surface area contributed by atoms with Crippen molar-refractivity contribution in [2.24, 2.45) is 0 Å². The highest BCUT2D eigenvalue weighted by molar-refractivity contribution is 5.56. The lowest BCUT2D eigenvalue weighted by atomic mass is 10.1. The molecule has 96 valence electrons. The van der Waals surface area contributed by atoms with Gasteiger partial charge in [-0.3, -0.25) is 0 Å². The molecule has 0 saturated carbocycles. The number of anilines is 1. The Hall–Kier alpha value is -1.23.